The van der Waals surface area contributed by atoms with Crippen LogP contribution in [0.1, 0.15) is 16.7 Å². The van der Waals surface area contributed by atoms with Crippen molar-refractivity contribution in [2.75, 3.05) is 6.54 Å². The van der Waals surface area contributed by atoms with E-state index in [-0.39, 0.29) is 0 Å². The first-order chi connectivity index (χ1) is 7.25. The Hall–Kier alpha value is -1.61. The third kappa shape index (κ3) is 2.44. The fraction of sp³-hybridized carbons (Fsp3) is 0.250. The third-order valence-corrected chi connectivity index (χ3v) is 2.56. The Kier molecular flexibility index (Phi) is 2.83. The molecule has 0 bridgehead atoms. The number of rotatable bonds is 2. The topological polar surface area (TPSA) is 55.1 Å². The minimum Gasteiger partial charge on any atom is -0.366 e. The summed E-state index contributed by atoms with van der Waals surface area (Å²) in [7, 11) is 0. The standard InChI is InChI=1S/C12H14N2O/c13-12(15)4-2-9-1-3-11-8-14-6-5-10(11)7-9/h1-4,7,14H,5-6,8H2,(H2,13,15). The Morgan fingerprint density at radius 2 is 2.27 bits per heavy atom. The summed E-state index contributed by atoms with van der Waals surface area (Å²) in [5, 5.41) is 3.32. The zero-order valence-electron chi connectivity index (χ0n) is 8.49. The van der Waals surface area contributed by atoms with E-state index in [9.17, 15) is 4.79 Å². The summed E-state index contributed by atoms with van der Waals surface area (Å²) >= 11 is 0. The van der Waals surface area contributed by atoms with Gasteiger partial charge in [-0.15, -0.1) is 0 Å². The zero-order chi connectivity index (χ0) is 10.7. The molecule has 1 aromatic carbocycles. The summed E-state index contributed by atoms with van der Waals surface area (Å²) in [5.41, 5.74) is 8.79. The lowest BCUT2D eigenvalue weighted by Crippen LogP contribution is -2.23. The van der Waals surface area contributed by atoms with Crippen molar-refractivity contribution in [3.05, 3.63) is 41.0 Å². The van der Waals surface area contributed by atoms with Crippen molar-refractivity contribution in [1.82, 2.24) is 5.32 Å². The smallest absolute Gasteiger partial charge is 0.241 e. The molecule has 3 N–H and O–H groups in total. The van der Waals surface area contributed by atoms with Crippen LogP contribution in [-0.4, -0.2) is 12.5 Å². The molecule has 0 saturated heterocycles. The van der Waals surface area contributed by atoms with E-state index < -0.39 is 5.91 Å². The average molecular weight is 202 g/mol. The highest BCUT2D eigenvalue weighted by Gasteiger charge is 2.07. The molecular weight excluding hydrogens is 188 g/mol. The Labute approximate surface area is 89.0 Å². The SMILES string of the molecule is NC(=O)C=Cc1ccc2c(c1)CCNC2. The second kappa shape index (κ2) is 4.28. The molecule has 0 radical (unpaired) electrons. The van der Waals surface area contributed by atoms with Crippen LogP contribution in [0.4, 0.5) is 0 Å². The third-order valence-electron chi connectivity index (χ3n) is 2.56. The number of amides is 1. The number of carbonyl (C=O) groups is 1. The molecule has 0 fully saturated rings. The maximum Gasteiger partial charge on any atom is 0.241 e. The van der Waals surface area contributed by atoms with Gasteiger partial charge in [0.25, 0.3) is 0 Å². The van der Waals surface area contributed by atoms with Gasteiger partial charge in [0.1, 0.15) is 0 Å². The molecule has 0 saturated carbocycles. The normalized spacial score (nSPS) is 15.2. The number of carbonyl (C=O) groups excluding carboxylic acids is 1. The average Bonchev–Trinajstić information content (AvgIpc) is 2.26. The Morgan fingerprint density at radius 3 is 3.07 bits per heavy atom. The number of fused-ring (bicyclic) bond motifs is 1. The predicted octanol–water partition coefficient (Wildman–Crippen LogP) is 0.831. The lowest BCUT2D eigenvalue weighted by Gasteiger charge is -2.17. The summed E-state index contributed by atoms with van der Waals surface area (Å²) < 4.78 is 0. The van der Waals surface area contributed by atoms with Crippen molar-refractivity contribution in [3.63, 3.8) is 0 Å². The van der Waals surface area contributed by atoms with Crippen molar-refractivity contribution >= 4 is 12.0 Å². The Bertz CT molecular complexity index is 410. The molecule has 1 amide bonds. The number of primary amides is 1. The summed E-state index contributed by atoms with van der Waals surface area (Å²) in [6, 6.07) is 6.23. The molecule has 0 atom stereocenters. The monoisotopic (exact) mass is 202 g/mol. The van der Waals surface area contributed by atoms with Crippen LogP contribution in [0, 0.1) is 0 Å². The van der Waals surface area contributed by atoms with Crippen LogP contribution in [0.5, 0.6) is 0 Å². The maximum absolute atomic E-state index is 10.6. The maximum atomic E-state index is 10.6. The van der Waals surface area contributed by atoms with E-state index in [0.29, 0.717) is 0 Å². The highest BCUT2D eigenvalue weighted by atomic mass is 16.1. The summed E-state index contributed by atoms with van der Waals surface area (Å²) in [6.45, 7) is 1.96. The lowest BCUT2D eigenvalue weighted by molar-refractivity contribution is -0.113. The Morgan fingerprint density at radius 1 is 1.40 bits per heavy atom. The van der Waals surface area contributed by atoms with Crippen LogP contribution in [0.25, 0.3) is 6.08 Å². The van der Waals surface area contributed by atoms with Crippen LogP contribution < -0.4 is 11.1 Å². The van der Waals surface area contributed by atoms with Gasteiger partial charge in [0.2, 0.25) is 5.91 Å². The molecule has 1 aliphatic rings. The number of nitrogens with two attached hydrogens (primary N) is 1. The van der Waals surface area contributed by atoms with Gasteiger partial charge in [-0.1, -0.05) is 18.2 Å². The van der Waals surface area contributed by atoms with Gasteiger partial charge in [-0.25, -0.2) is 0 Å². The molecular formula is C12H14N2O. The molecule has 3 nitrogen and oxygen atoms in total. The molecule has 2 rings (SSSR count). The van der Waals surface area contributed by atoms with Crippen LogP contribution in [0.15, 0.2) is 24.3 Å². The van der Waals surface area contributed by atoms with E-state index in [1.54, 1.807) is 6.08 Å². The molecule has 0 unspecified atom stereocenters. The second-order valence-electron chi connectivity index (χ2n) is 3.69. The molecule has 78 valence electrons. The van der Waals surface area contributed by atoms with Crippen molar-refractivity contribution in [1.29, 1.82) is 0 Å². The van der Waals surface area contributed by atoms with Gasteiger partial charge in [0.15, 0.2) is 0 Å². The minimum absolute atomic E-state index is 0.408. The lowest BCUT2D eigenvalue weighted by atomic mass is 9.98. The molecule has 1 aliphatic heterocycles. The van der Waals surface area contributed by atoms with Crippen LogP contribution in [0.3, 0.4) is 0 Å². The fourth-order valence-electron chi connectivity index (χ4n) is 1.78. The predicted molar refractivity (Wildman–Crippen MR) is 60.1 cm³/mol. The van der Waals surface area contributed by atoms with E-state index >= 15 is 0 Å². The van der Waals surface area contributed by atoms with E-state index in [1.165, 1.54) is 17.2 Å². The van der Waals surface area contributed by atoms with Gasteiger partial charge >= 0.3 is 0 Å². The molecule has 0 aromatic heterocycles. The largest absolute Gasteiger partial charge is 0.366 e. The molecule has 3 heteroatoms. The van der Waals surface area contributed by atoms with Gasteiger partial charge in [-0.05, 0) is 35.7 Å². The fourth-order valence-corrected chi connectivity index (χ4v) is 1.78. The first-order valence-corrected chi connectivity index (χ1v) is 5.06. The highest BCUT2D eigenvalue weighted by molar-refractivity contribution is 5.90. The molecule has 1 aromatic rings. The van der Waals surface area contributed by atoms with Crippen molar-refractivity contribution in [3.8, 4) is 0 Å². The summed E-state index contributed by atoms with van der Waals surface area (Å²) in [5.74, 6) is -0.408. The zero-order valence-corrected chi connectivity index (χ0v) is 8.49. The first kappa shape index (κ1) is 9.93. The quantitative estimate of drug-likeness (QED) is 0.698. The van der Waals surface area contributed by atoms with Gasteiger partial charge in [-0.3, -0.25) is 4.79 Å². The molecule has 15 heavy (non-hydrogen) atoms. The van der Waals surface area contributed by atoms with Crippen molar-refractivity contribution in [2.24, 2.45) is 5.73 Å². The van der Waals surface area contributed by atoms with Crippen molar-refractivity contribution < 1.29 is 4.79 Å². The molecule has 0 spiro atoms. The van der Waals surface area contributed by atoms with E-state index in [4.69, 9.17) is 5.73 Å². The van der Waals surface area contributed by atoms with Gasteiger partial charge in [0, 0.05) is 12.6 Å². The highest BCUT2D eigenvalue weighted by Crippen LogP contribution is 2.16. The van der Waals surface area contributed by atoms with E-state index in [2.05, 4.69) is 17.4 Å². The van der Waals surface area contributed by atoms with Crippen LogP contribution in [0.2, 0.25) is 0 Å². The second-order valence-corrected chi connectivity index (χ2v) is 3.69. The Balaban J connectivity index is 2.24. The van der Waals surface area contributed by atoms with Gasteiger partial charge in [0.05, 0.1) is 0 Å². The van der Waals surface area contributed by atoms with Gasteiger partial charge in [-0.2, -0.15) is 0 Å². The number of hydrogen-bond acceptors (Lipinski definition) is 2. The first-order valence-electron chi connectivity index (χ1n) is 5.06. The summed E-state index contributed by atoms with van der Waals surface area (Å²) in [4.78, 5) is 10.6. The van der Waals surface area contributed by atoms with Crippen LogP contribution in [-0.2, 0) is 17.8 Å². The molecule has 0 aliphatic carbocycles. The van der Waals surface area contributed by atoms with E-state index in [1.807, 2.05) is 6.07 Å². The number of nitrogens with one attached hydrogen (secondary N) is 1. The minimum atomic E-state index is -0.408. The number of hydrogen-bond donors (Lipinski definition) is 2. The van der Waals surface area contributed by atoms with Crippen LogP contribution >= 0.6 is 0 Å². The van der Waals surface area contributed by atoms with Crippen molar-refractivity contribution in [2.45, 2.75) is 13.0 Å². The van der Waals surface area contributed by atoms with Gasteiger partial charge < -0.3 is 11.1 Å². The summed E-state index contributed by atoms with van der Waals surface area (Å²) in [6.07, 6.45) is 4.20. The number of benzene rings is 1. The molecule has 1 heterocycles. The van der Waals surface area contributed by atoms with E-state index in [0.717, 1.165) is 25.1 Å².